The molecule has 0 aromatic heterocycles. The molecule has 0 aliphatic heterocycles. The summed E-state index contributed by atoms with van der Waals surface area (Å²) < 4.78 is 37.8. The average Bonchev–Trinajstić information content (AvgIpc) is 2.56. The van der Waals surface area contributed by atoms with Crippen LogP contribution in [0.25, 0.3) is 0 Å². The van der Waals surface area contributed by atoms with Gasteiger partial charge in [-0.25, -0.2) is 8.42 Å². The van der Waals surface area contributed by atoms with Crippen LogP contribution in [-0.2, 0) is 19.6 Å². The molecule has 142 valence electrons. The van der Waals surface area contributed by atoms with E-state index in [0.29, 0.717) is 38.5 Å². The molecule has 1 aromatic rings. The molecule has 0 aliphatic carbocycles. The summed E-state index contributed by atoms with van der Waals surface area (Å²) in [5.41, 5.74) is 0.720. The minimum absolute atomic E-state index is 0.101. The number of amides is 1. The normalized spacial score (nSPS) is 12.6. The predicted molar refractivity (Wildman–Crippen MR) is 96.3 cm³/mol. The Hall–Kier alpha value is -1.64. The lowest BCUT2D eigenvalue weighted by Crippen LogP contribution is -2.45. The third kappa shape index (κ3) is 7.01. The highest BCUT2D eigenvalue weighted by atomic mass is 32.2. The summed E-state index contributed by atoms with van der Waals surface area (Å²) in [5, 5.41) is 2.69. The second-order valence-electron chi connectivity index (χ2n) is 5.54. The van der Waals surface area contributed by atoms with Crippen LogP contribution < -0.4 is 14.8 Å². The Morgan fingerprint density at radius 1 is 1.24 bits per heavy atom. The first-order chi connectivity index (χ1) is 11.8. The van der Waals surface area contributed by atoms with Crippen molar-refractivity contribution in [1.82, 2.24) is 10.0 Å². The van der Waals surface area contributed by atoms with Crippen LogP contribution >= 0.6 is 0 Å². The van der Waals surface area contributed by atoms with Gasteiger partial charge in [-0.2, -0.15) is 4.72 Å². The summed E-state index contributed by atoms with van der Waals surface area (Å²) in [5.74, 6) is 0.268. The molecule has 0 heterocycles. The SMILES string of the molecule is CCOCCCNC(=O)[C@H](C)NS(=O)(=O)c1ccc(OCC)c(C)c1. The highest BCUT2D eigenvalue weighted by Gasteiger charge is 2.22. The number of hydrogen-bond donors (Lipinski definition) is 2. The average molecular weight is 372 g/mol. The number of rotatable bonds is 11. The van der Waals surface area contributed by atoms with E-state index in [1.54, 1.807) is 13.0 Å². The second-order valence-corrected chi connectivity index (χ2v) is 7.26. The van der Waals surface area contributed by atoms with Gasteiger partial charge < -0.3 is 14.8 Å². The van der Waals surface area contributed by atoms with Crippen molar-refractivity contribution in [3.8, 4) is 5.75 Å². The van der Waals surface area contributed by atoms with Gasteiger partial charge in [0, 0.05) is 19.8 Å². The maximum absolute atomic E-state index is 12.4. The molecule has 7 nitrogen and oxygen atoms in total. The number of benzene rings is 1. The standard InChI is InChI=1S/C17H28N2O5S/c1-5-23-11-7-10-18-17(20)14(4)19-25(21,22)15-8-9-16(24-6-2)13(3)12-15/h8-9,12,14,19H,5-7,10-11H2,1-4H3,(H,18,20)/t14-/m0/s1. The first-order valence-electron chi connectivity index (χ1n) is 8.43. The Balaban J connectivity index is 2.64. The molecule has 1 rings (SSSR count). The highest BCUT2D eigenvalue weighted by Crippen LogP contribution is 2.21. The van der Waals surface area contributed by atoms with Crippen LogP contribution in [0.3, 0.4) is 0 Å². The first kappa shape index (κ1) is 21.4. The first-order valence-corrected chi connectivity index (χ1v) is 9.91. The molecule has 0 fully saturated rings. The Kier molecular flexibility index (Phi) is 8.88. The van der Waals surface area contributed by atoms with Gasteiger partial charge in [0.2, 0.25) is 15.9 Å². The van der Waals surface area contributed by atoms with Crippen molar-refractivity contribution in [2.75, 3.05) is 26.4 Å². The van der Waals surface area contributed by atoms with Gasteiger partial charge in [-0.1, -0.05) is 0 Å². The molecule has 1 amide bonds. The van der Waals surface area contributed by atoms with Crippen molar-refractivity contribution in [1.29, 1.82) is 0 Å². The number of carbonyl (C=O) groups excluding carboxylic acids is 1. The van der Waals surface area contributed by atoms with Crippen LogP contribution in [0.1, 0.15) is 32.8 Å². The molecule has 25 heavy (non-hydrogen) atoms. The topological polar surface area (TPSA) is 93.7 Å². The molecule has 0 aliphatic rings. The lowest BCUT2D eigenvalue weighted by Gasteiger charge is -2.15. The third-order valence-corrected chi connectivity index (χ3v) is 4.99. The Morgan fingerprint density at radius 3 is 2.56 bits per heavy atom. The van der Waals surface area contributed by atoms with E-state index >= 15 is 0 Å². The lowest BCUT2D eigenvalue weighted by molar-refractivity contribution is -0.122. The fourth-order valence-corrected chi connectivity index (χ4v) is 3.43. The van der Waals surface area contributed by atoms with Crippen molar-refractivity contribution in [3.63, 3.8) is 0 Å². The van der Waals surface area contributed by atoms with Gasteiger partial charge in [0.25, 0.3) is 0 Å². The number of nitrogens with one attached hydrogen (secondary N) is 2. The predicted octanol–water partition coefficient (Wildman–Crippen LogP) is 1.60. The van der Waals surface area contributed by atoms with Crippen molar-refractivity contribution < 1.29 is 22.7 Å². The number of carbonyl (C=O) groups is 1. The Bertz CT molecular complexity index is 661. The zero-order valence-corrected chi connectivity index (χ0v) is 16.1. The summed E-state index contributed by atoms with van der Waals surface area (Å²) in [6.07, 6.45) is 0.678. The van der Waals surface area contributed by atoms with Gasteiger partial charge in [0.05, 0.1) is 17.5 Å². The summed E-state index contributed by atoms with van der Waals surface area (Å²) in [7, 11) is -3.79. The van der Waals surface area contributed by atoms with E-state index in [9.17, 15) is 13.2 Å². The van der Waals surface area contributed by atoms with Crippen LogP contribution in [0.15, 0.2) is 23.1 Å². The minimum Gasteiger partial charge on any atom is -0.494 e. The molecule has 8 heteroatoms. The van der Waals surface area contributed by atoms with Crippen LogP contribution in [0.4, 0.5) is 0 Å². The van der Waals surface area contributed by atoms with E-state index in [0.717, 1.165) is 5.56 Å². The fraction of sp³-hybridized carbons (Fsp3) is 0.588. The van der Waals surface area contributed by atoms with E-state index in [2.05, 4.69) is 10.0 Å². The smallest absolute Gasteiger partial charge is 0.241 e. The van der Waals surface area contributed by atoms with Crippen molar-refractivity contribution in [2.45, 2.75) is 45.1 Å². The van der Waals surface area contributed by atoms with Crippen molar-refractivity contribution >= 4 is 15.9 Å². The van der Waals surface area contributed by atoms with Crippen molar-refractivity contribution in [3.05, 3.63) is 23.8 Å². The van der Waals surface area contributed by atoms with Crippen molar-refractivity contribution in [2.24, 2.45) is 0 Å². The zero-order chi connectivity index (χ0) is 18.9. The fourth-order valence-electron chi connectivity index (χ4n) is 2.14. The molecule has 1 atom stereocenters. The van der Waals surface area contributed by atoms with Crippen LogP contribution in [-0.4, -0.2) is 46.7 Å². The van der Waals surface area contributed by atoms with Gasteiger partial charge in [0.15, 0.2) is 0 Å². The molecule has 1 aromatic carbocycles. The van der Waals surface area contributed by atoms with Crippen LogP contribution in [0, 0.1) is 6.92 Å². The van der Waals surface area contributed by atoms with E-state index in [1.165, 1.54) is 19.1 Å². The van der Waals surface area contributed by atoms with Gasteiger partial charge in [-0.3, -0.25) is 4.79 Å². The van der Waals surface area contributed by atoms with Gasteiger partial charge in [0.1, 0.15) is 5.75 Å². The molecule has 0 saturated carbocycles. The summed E-state index contributed by atoms with van der Waals surface area (Å²) in [4.78, 5) is 12.1. The van der Waals surface area contributed by atoms with Gasteiger partial charge in [-0.05, 0) is 57.9 Å². The number of hydrogen-bond acceptors (Lipinski definition) is 5. The molecule has 0 saturated heterocycles. The Labute approximate surface area is 150 Å². The number of aryl methyl sites for hydroxylation is 1. The minimum atomic E-state index is -3.79. The summed E-state index contributed by atoms with van der Waals surface area (Å²) in [6, 6.07) is 3.74. The maximum atomic E-state index is 12.4. The number of ether oxygens (including phenoxy) is 2. The summed E-state index contributed by atoms with van der Waals surface area (Å²) in [6.45, 7) is 9.18. The molecule has 0 bridgehead atoms. The summed E-state index contributed by atoms with van der Waals surface area (Å²) >= 11 is 0. The second kappa shape index (κ2) is 10.4. The Morgan fingerprint density at radius 2 is 1.96 bits per heavy atom. The third-order valence-electron chi connectivity index (χ3n) is 3.45. The largest absolute Gasteiger partial charge is 0.494 e. The molecule has 0 unspecified atom stereocenters. The molecular formula is C17H28N2O5S. The van der Waals surface area contributed by atoms with Gasteiger partial charge >= 0.3 is 0 Å². The molecular weight excluding hydrogens is 344 g/mol. The van der Waals surface area contributed by atoms with E-state index < -0.39 is 16.1 Å². The van der Waals surface area contributed by atoms with Crippen LogP contribution in [0.5, 0.6) is 5.75 Å². The van der Waals surface area contributed by atoms with E-state index in [4.69, 9.17) is 9.47 Å². The highest BCUT2D eigenvalue weighted by molar-refractivity contribution is 7.89. The quantitative estimate of drug-likeness (QED) is 0.576. The number of sulfonamides is 1. The van der Waals surface area contributed by atoms with Gasteiger partial charge in [-0.15, -0.1) is 0 Å². The maximum Gasteiger partial charge on any atom is 0.241 e. The molecule has 0 radical (unpaired) electrons. The van der Waals surface area contributed by atoms with E-state index in [1.807, 2.05) is 13.8 Å². The molecule has 2 N–H and O–H groups in total. The van der Waals surface area contributed by atoms with Crippen LogP contribution in [0.2, 0.25) is 0 Å². The monoisotopic (exact) mass is 372 g/mol. The molecule has 0 spiro atoms. The zero-order valence-electron chi connectivity index (χ0n) is 15.3. The lowest BCUT2D eigenvalue weighted by atomic mass is 10.2. The van der Waals surface area contributed by atoms with E-state index in [-0.39, 0.29) is 10.8 Å².